The van der Waals surface area contributed by atoms with Crippen molar-refractivity contribution in [2.75, 3.05) is 25.1 Å². The number of nitrogens with two attached hydrogens (primary N) is 1. The van der Waals surface area contributed by atoms with E-state index in [9.17, 15) is 0 Å². The van der Waals surface area contributed by atoms with Crippen molar-refractivity contribution in [1.29, 1.82) is 0 Å². The van der Waals surface area contributed by atoms with Crippen molar-refractivity contribution in [3.63, 3.8) is 0 Å². The van der Waals surface area contributed by atoms with Gasteiger partial charge in [-0.15, -0.1) is 11.3 Å². The van der Waals surface area contributed by atoms with Gasteiger partial charge in [0.1, 0.15) is 0 Å². The van der Waals surface area contributed by atoms with Gasteiger partial charge in [0.2, 0.25) is 0 Å². The number of nitrogens with one attached hydrogen (secondary N) is 1. The zero-order chi connectivity index (χ0) is 10.5. The van der Waals surface area contributed by atoms with Crippen molar-refractivity contribution in [2.24, 2.45) is 11.7 Å². The number of rotatable bonds is 4. The van der Waals surface area contributed by atoms with Gasteiger partial charge in [-0.25, -0.2) is 4.98 Å². The molecule has 0 spiro atoms. The van der Waals surface area contributed by atoms with Gasteiger partial charge in [-0.2, -0.15) is 0 Å². The second-order valence-electron chi connectivity index (χ2n) is 3.77. The number of ether oxygens (including phenoxy) is 1. The van der Waals surface area contributed by atoms with Gasteiger partial charge in [-0.3, -0.25) is 0 Å². The van der Waals surface area contributed by atoms with Crippen LogP contribution in [0.3, 0.4) is 0 Å². The van der Waals surface area contributed by atoms with E-state index in [0.29, 0.717) is 6.54 Å². The van der Waals surface area contributed by atoms with E-state index in [0.717, 1.165) is 48.5 Å². The lowest BCUT2D eigenvalue weighted by atomic mass is 10.0. The molecule has 3 N–H and O–H groups in total. The molecule has 0 radical (unpaired) electrons. The van der Waals surface area contributed by atoms with E-state index >= 15 is 0 Å². The van der Waals surface area contributed by atoms with Crippen LogP contribution in [0.25, 0.3) is 0 Å². The molecule has 0 aliphatic carbocycles. The molecule has 84 valence electrons. The normalized spacial score (nSPS) is 17.9. The Kier molecular flexibility index (Phi) is 3.94. The van der Waals surface area contributed by atoms with Gasteiger partial charge in [0.25, 0.3) is 0 Å². The topological polar surface area (TPSA) is 60.2 Å². The summed E-state index contributed by atoms with van der Waals surface area (Å²) in [5, 5.41) is 4.35. The summed E-state index contributed by atoms with van der Waals surface area (Å²) in [5.41, 5.74) is 5.53. The number of hydrogen-bond acceptors (Lipinski definition) is 5. The van der Waals surface area contributed by atoms with Gasteiger partial charge in [0.05, 0.1) is 0 Å². The smallest absolute Gasteiger partial charge is 0.182 e. The van der Waals surface area contributed by atoms with E-state index < -0.39 is 0 Å². The quantitative estimate of drug-likeness (QED) is 0.817. The summed E-state index contributed by atoms with van der Waals surface area (Å²) in [6.07, 6.45) is 4.15. The summed E-state index contributed by atoms with van der Waals surface area (Å²) in [4.78, 5) is 5.40. The van der Waals surface area contributed by atoms with Crippen LogP contribution in [0, 0.1) is 5.92 Å². The number of hydrogen-bond donors (Lipinski definition) is 2. The molecule has 1 saturated heterocycles. The van der Waals surface area contributed by atoms with Gasteiger partial charge in [-0.1, -0.05) is 0 Å². The lowest BCUT2D eigenvalue weighted by molar-refractivity contribution is 0.0699. The van der Waals surface area contributed by atoms with E-state index in [-0.39, 0.29) is 0 Å². The summed E-state index contributed by atoms with van der Waals surface area (Å²) in [5.74, 6) is 0.726. The minimum atomic E-state index is 0.580. The van der Waals surface area contributed by atoms with Crippen LogP contribution in [0.15, 0.2) is 6.20 Å². The molecule has 0 unspecified atom stereocenters. The monoisotopic (exact) mass is 227 g/mol. The number of anilines is 1. The van der Waals surface area contributed by atoms with Crippen molar-refractivity contribution >= 4 is 16.5 Å². The average Bonchev–Trinajstić information content (AvgIpc) is 2.76. The third kappa shape index (κ3) is 3.15. The number of nitrogens with zero attached hydrogens (tertiary/aromatic N) is 1. The molecule has 1 aliphatic rings. The Morgan fingerprint density at radius 1 is 1.53 bits per heavy atom. The molecule has 1 fully saturated rings. The van der Waals surface area contributed by atoms with Crippen molar-refractivity contribution in [3.8, 4) is 0 Å². The summed E-state index contributed by atoms with van der Waals surface area (Å²) in [6.45, 7) is 3.38. The van der Waals surface area contributed by atoms with E-state index in [1.807, 2.05) is 6.20 Å². The fraction of sp³-hybridized carbons (Fsp3) is 0.700. The maximum atomic E-state index is 5.53. The largest absolute Gasteiger partial charge is 0.381 e. The maximum absolute atomic E-state index is 5.53. The lowest BCUT2D eigenvalue weighted by Crippen LogP contribution is -2.22. The Hall–Kier alpha value is -0.650. The number of thiazole rings is 1. The lowest BCUT2D eigenvalue weighted by Gasteiger charge is -2.21. The maximum Gasteiger partial charge on any atom is 0.182 e. The van der Waals surface area contributed by atoms with Gasteiger partial charge in [0.15, 0.2) is 5.13 Å². The van der Waals surface area contributed by atoms with Gasteiger partial charge in [-0.05, 0) is 18.8 Å². The molecule has 1 aliphatic heterocycles. The van der Waals surface area contributed by atoms with Crippen molar-refractivity contribution in [1.82, 2.24) is 4.98 Å². The summed E-state index contributed by atoms with van der Waals surface area (Å²) in [7, 11) is 0. The molecule has 4 nitrogen and oxygen atoms in total. The second-order valence-corrected chi connectivity index (χ2v) is 4.89. The van der Waals surface area contributed by atoms with Crippen LogP contribution in [-0.4, -0.2) is 24.7 Å². The molecular formula is C10H17N3OS. The highest BCUT2D eigenvalue weighted by atomic mass is 32.1. The standard InChI is InChI=1S/C10H17N3OS/c11-5-9-7-13-10(15-9)12-6-8-1-3-14-4-2-8/h7-8H,1-6,11H2,(H,12,13). The first kappa shape index (κ1) is 10.9. The Morgan fingerprint density at radius 3 is 3.00 bits per heavy atom. The SMILES string of the molecule is NCc1cnc(NCC2CCOCC2)s1. The Balaban J connectivity index is 1.76. The molecule has 2 rings (SSSR count). The van der Waals surface area contributed by atoms with Gasteiger partial charge >= 0.3 is 0 Å². The second kappa shape index (κ2) is 5.44. The molecule has 0 saturated carbocycles. The zero-order valence-electron chi connectivity index (χ0n) is 8.74. The first-order valence-electron chi connectivity index (χ1n) is 5.35. The third-order valence-corrected chi connectivity index (χ3v) is 3.61. The molecule has 1 aromatic heterocycles. The fourth-order valence-electron chi connectivity index (χ4n) is 1.67. The molecular weight excluding hydrogens is 210 g/mol. The van der Waals surface area contributed by atoms with Crippen LogP contribution in [-0.2, 0) is 11.3 Å². The molecule has 0 bridgehead atoms. The van der Waals surface area contributed by atoms with E-state index in [1.165, 1.54) is 0 Å². The third-order valence-electron chi connectivity index (χ3n) is 2.64. The van der Waals surface area contributed by atoms with Crippen molar-refractivity contribution in [2.45, 2.75) is 19.4 Å². The van der Waals surface area contributed by atoms with E-state index in [1.54, 1.807) is 11.3 Å². The molecule has 0 amide bonds. The van der Waals surface area contributed by atoms with Crippen LogP contribution < -0.4 is 11.1 Å². The average molecular weight is 227 g/mol. The predicted molar refractivity (Wildman–Crippen MR) is 62.0 cm³/mol. The van der Waals surface area contributed by atoms with Crippen LogP contribution in [0.5, 0.6) is 0 Å². The van der Waals surface area contributed by atoms with Gasteiger partial charge < -0.3 is 15.8 Å². The van der Waals surface area contributed by atoms with E-state index in [2.05, 4.69) is 10.3 Å². The van der Waals surface area contributed by atoms with Crippen LogP contribution >= 0.6 is 11.3 Å². The van der Waals surface area contributed by atoms with Crippen LogP contribution in [0.1, 0.15) is 17.7 Å². The van der Waals surface area contributed by atoms with Crippen molar-refractivity contribution < 1.29 is 4.74 Å². The molecule has 0 aromatic carbocycles. The zero-order valence-corrected chi connectivity index (χ0v) is 9.55. The summed E-state index contributed by atoms with van der Waals surface area (Å²) in [6, 6.07) is 0. The minimum absolute atomic E-state index is 0.580. The molecule has 5 heteroatoms. The first-order valence-corrected chi connectivity index (χ1v) is 6.16. The minimum Gasteiger partial charge on any atom is -0.381 e. The Bertz CT molecular complexity index is 297. The van der Waals surface area contributed by atoms with Crippen LogP contribution in [0.2, 0.25) is 0 Å². The van der Waals surface area contributed by atoms with Crippen LogP contribution in [0.4, 0.5) is 5.13 Å². The molecule has 2 heterocycles. The number of aromatic nitrogens is 1. The Morgan fingerprint density at radius 2 is 2.33 bits per heavy atom. The Labute approximate surface area is 93.8 Å². The molecule has 1 aromatic rings. The summed E-state index contributed by atoms with van der Waals surface area (Å²) < 4.78 is 5.32. The highest BCUT2D eigenvalue weighted by Crippen LogP contribution is 2.20. The fourth-order valence-corrected chi connectivity index (χ4v) is 2.36. The predicted octanol–water partition coefficient (Wildman–Crippen LogP) is 1.44. The highest BCUT2D eigenvalue weighted by molar-refractivity contribution is 7.15. The highest BCUT2D eigenvalue weighted by Gasteiger charge is 2.13. The first-order chi connectivity index (χ1) is 7.38. The summed E-state index contributed by atoms with van der Waals surface area (Å²) >= 11 is 1.64. The van der Waals surface area contributed by atoms with E-state index in [4.69, 9.17) is 10.5 Å². The molecule has 0 atom stereocenters. The molecule has 15 heavy (non-hydrogen) atoms. The van der Waals surface area contributed by atoms with Gasteiger partial charge in [0, 0.05) is 37.4 Å². The van der Waals surface area contributed by atoms with Crippen molar-refractivity contribution in [3.05, 3.63) is 11.1 Å².